The smallest absolute Gasteiger partial charge is 0.123 e. The second-order valence-corrected chi connectivity index (χ2v) is 5.91. The number of benzene rings is 2. The summed E-state index contributed by atoms with van der Waals surface area (Å²) in [5.74, 6) is 0.881. The fourth-order valence-electron chi connectivity index (χ4n) is 2.00. The first-order chi connectivity index (χ1) is 9.70. The summed E-state index contributed by atoms with van der Waals surface area (Å²) in [7, 11) is 1.68. The van der Waals surface area contributed by atoms with Crippen molar-refractivity contribution in [1.29, 1.82) is 0 Å². The van der Waals surface area contributed by atoms with Gasteiger partial charge in [-0.15, -0.1) is 11.6 Å². The zero-order valence-electron chi connectivity index (χ0n) is 11.3. The monoisotopic (exact) mass is 353 g/mol. The van der Waals surface area contributed by atoms with Gasteiger partial charge in [0, 0.05) is 23.1 Å². The van der Waals surface area contributed by atoms with E-state index in [0.717, 1.165) is 27.9 Å². The second-order valence-electron chi connectivity index (χ2n) is 4.47. The molecule has 0 radical (unpaired) electrons. The van der Waals surface area contributed by atoms with E-state index >= 15 is 0 Å². The number of ether oxygens (including phenoxy) is 1. The van der Waals surface area contributed by atoms with Crippen LogP contribution in [0.15, 0.2) is 53.0 Å². The Kier molecular flexibility index (Phi) is 5.89. The molecule has 0 bridgehead atoms. The van der Waals surface area contributed by atoms with E-state index in [9.17, 15) is 0 Å². The molecule has 0 aliphatic rings. The van der Waals surface area contributed by atoms with Gasteiger partial charge in [-0.25, -0.2) is 0 Å². The van der Waals surface area contributed by atoms with E-state index in [2.05, 4.69) is 27.3 Å². The lowest BCUT2D eigenvalue weighted by Gasteiger charge is -2.13. The molecule has 4 heteroatoms. The molecule has 0 heterocycles. The highest BCUT2D eigenvalue weighted by molar-refractivity contribution is 9.10. The number of nitrogens with one attached hydrogen (secondary N) is 1. The zero-order chi connectivity index (χ0) is 14.4. The van der Waals surface area contributed by atoms with Crippen LogP contribution in [0.3, 0.4) is 0 Å². The van der Waals surface area contributed by atoms with Crippen molar-refractivity contribution in [3.05, 3.63) is 64.1 Å². The van der Waals surface area contributed by atoms with Crippen LogP contribution in [-0.2, 0) is 6.54 Å². The van der Waals surface area contributed by atoms with Crippen molar-refractivity contribution in [2.45, 2.75) is 11.9 Å². The van der Waals surface area contributed by atoms with Gasteiger partial charge in [-0.2, -0.15) is 0 Å². The summed E-state index contributed by atoms with van der Waals surface area (Å²) in [5, 5.41) is 3.34. The molecule has 0 amide bonds. The highest BCUT2D eigenvalue weighted by Gasteiger charge is 2.08. The van der Waals surface area contributed by atoms with E-state index in [1.54, 1.807) is 7.11 Å². The van der Waals surface area contributed by atoms with E-state index in [1.807, 2.05) is 42.5 Å². The van der Waals surface area contributed by atoms with E-state index in [-0.39, 0.29) is 5.38 Å². The lowest BCUT2D eigenvalue weighted by Crippen LogP contribution is -2.19. The van der Waals surface area contributed by atoms with E-state index in [1.165, 1.54) is 0 Å². The first-order valence-corrected chi connectivity index (χ1v) is 7.66. The Hall–Kier alpha value is -1.03. The minimum Gasteiger partial charge on any atom is -0.496 e. The number of methoxy groups -OCH3 is 1. The van der Waals surface area contributed by atoms with Crippen LogP contribution in [-0.4, -0.2) is 13.7 Å². The van der Waals surface area contributed by atoms with Gasteiger partial charge in [-0.1, -0.05) is 46.3 Å². The molecule has 0 saturated carbocycles. The van der Waals surface area contributed by atoms with Gasteiger partial charge in [-0.3, -0.25) is 0 Å². The molecule has 2 aromatic carbocycles. The summed E-state index contributed by atoms with van der Waals surface area (Å²) >= 11 is 9.85. The SMILES string of the molecule is COc1ccc(Br)cc1CNCC(Cl)c1ccccc1. The molecule has 0 aliphatic carbocycles. The molecule has 0 saturated heterocycles. The molecular weight excluding hydrogens is 338 g/mol. The number of hydrogen-bond acceptors (Lipinski definition) is 2. The van der Waals surface area contributed by atoms with Crippen LogP contribution < -0.4 is 10.1 Å². The fraction of sp³-hybridized carbons (Fsp3) is 0.250. The van der Waals surface area contributed by atoms with Crippen LogP contribution in [0, 0.1) is 0 Å². The van der Waals surface area contributed by atoms with Gasteiger partial charge < -0.3 is 10.1 Å². The highest BCUT2D eigenvalue weighted by atomic mass is 79.9. The van der Waals surface area contributed by atoms with Crippen LogP contribution in [0.1, 0.15) is 16.5 Å². The number of rotatable bonds is 6. The number of alkyl halides is 1. The maximum Gasteiger partial charge on any atom is 0.123 e. The van der Waals surface area contributed by atoms with Gasteiger partial charge in [0.1, 0.15) is 5.75 Å². The van der Waals surface area contributed by atoms with E-state index in [4.69, 9.17) is 16.3 Å². The van der Waals surface area contributed by atoms with E-state index in [0.29, 0.717) is 6.54 Å². The molecule has 1 unspecified atom stereocenters. The Morgan fingerprint density at radius 1 is 1.20 bits per heavy atom. The maximum absolute atomic E-state index is 6.37. The molecule has 0 aliphatic heterocycles. The summed E-state index contributed by atoms with van der Waals surface area (Å²) in [4.78, 5) is 0. The summed E-state index contributed by atoms with van der Waals surface area (Å²) in [6.45, 7) is 1.43. The molecule has 0 spiro atoms. The van der Waals surface area contributed by atoms with Crippen molar-refractivity contribution >= 4 is 27.5 Å². The van der Waals surface area contributed by atoms with Crippen LogP contribution in [0.4, 0.5) is 0 Å². The summed E-state index contributed by atoms with van der Waals surface area (Å²) in [6, 6.07) is 16.1. The summed E-state index contributed by atoms with van der Waals surface area (Å²) in [6.07, 6.45) is 0. The third-order valence-electron chi connectivity index (χ3n) is 3.04. The number of hydrogen-bond donors (Lipinski definition) is 1. The third kappa shape index (κ3) is 4.23. The largest absolute Gasteiger partial charge is 0.496 e. The topological polar surface area (TPSA) is 21.3 Å². The summed E-state index contributed by atoms with van der Waals surface area (Å²) in [5.41, 5.74) is 2.24. The average Bonchev–Trinajstić information content (AvgIpc) is 2.48. The van der Waals surface area contributed by atoms with Gasteiger partial charge in [0.25, 0.3) is 0 Å². The van der Waals surface area contributed by atoms with Crippen molar-refractivity contribution in [2.24, 2.45) is 0 Å². The van der Waals surface area contributed by atoms with Crippen molar-refractivity contribution in [1.82, 2.24) is 5.32 Å². The van der Waals surface area contributed by atoms with Crippen LogP contribution in [0.25, 0.3) is 0 Å². The zero-order valence-corrected chi connectivity index (χ0v) is 13.6. The average molecular weight is 355 g/mol. The lowest BCUT2D eigenvalue weighted by atomic mass is 10.1. The fourth-order valence-corrected chi connectivity index (χ4v) is 2.66. The van der Waals surface area contributed by atoms with Crippen molar-refractivity contribution in [3.63, 3.8) is 0 Å². The normalized spacial score (nSPS) is 12.2. The van der Waals surface area contributed by atoms with Gasteiger partial charge in [0.15, 0.2) is 0 Å². The minimum atomic E-state index is -0.0330. The molecular formula is C16H17BrClNO. The lowest BCUT2D eigenvalue weighted by molar-refractivity contribution is 0.407. The Balaban J connectivity index is 1.91. The van der Waals surface area contributed by atoms with Gasteiger partial charge in [0.2, 0.25) is 0 Å². The summed E-state index contributed by atoms with van der Waals surface area (Å²) < 4.78 is 6.39. The molecule has 2 aromatic rings. The molecule has 1 N–H and O–H groups in total. The predicted octanol–water partition coefficient (Wildman–Crippen LogP) is 4.53. The predicted molar refractivity (Wildman–Crippen MR) is 87.4 cm³/mol. The quantitative estimate of drug-likeness (QED) is 0.770. The minimum absolute atomic E-state index is 0.0330. The Labute approximate surface area is 133 Å². The van der Waals surface area contributed by atoms with Crippen molar-refractivity contribution in [2.75, 3.05) is 13.7 Å². The van der Waals surface area contributed by atoms with Crippen LogP contribution in [0.2, 0.25) is 0 Å². The standard InChI is InChI=1S/C16H17BrClNO/c1-20-16-8-7-14(17)9-13(16)10-19-11-15(18)12-5-3-2-4-6-12/h2-9,15,19H,10-11H2,1H3. The number of halogens is 2. The van der Waals surface area contributed by atoms with Gasteiger partial charge >= 0.3 is 0 Å². The molecule has 2 nitrogen and oxygen atoms in total. The first-order valence-electron chi connectivity index (χ1n) is 6.43. The third-order valence-corrected chi connectivity index (χ3v) is 3.94. The maximum atomic E-state index is 6.37. The second kappa shape index (κ2) is 7.67. The Morgan fingerprint density at radius 3 is 2.65 bits per heavy atom. The Bertz CT molecular complexity index is 547. The molecule has 1 atom stereocenters. The molecule has 106 valence electrons. The first kappa shape index (κ1) is 15.4. The molecule has 0 fully saturated rings. The molecule has 20 heavy (non-hydrogen) atoms. The van der Waals surface area contributed by atoms with Crippen LogP contribution >= 0.6 is 27.5 Å². The molecule has 0 aromatic heterocycles. The Morgan fingerprint density at radius 2 is 1.95 bits per heavy atom. The molecule has 2 rings (SSSR count). The van der Waals surface area contributed by atoms with Gasteiger partial charge in [-0.05, 0) is 23.8 Å². The van der Waals surface area contributed by atoms with Crippen molar-refractivity contribution < 1.29 is 4.74 Å². The van der Waals surface area contributed by atoms with Crippen molar-refractivity contribution in [3.8, 4) is 5.75 Å². The van der Waals surface area contributed by atoms with E-state index < -0.39 is 0 Å². The highest BCUT2D eigenvalue weighted by Crippen LogP contribution is 2.23. The van der Waals surface area contributed by atoms with Crippen LogP contribution in [0.5, 0.6) is 5.75 Å². The van der Waals surface area contributed by atoms with Gasteiger partial charge in [0.05, 0.1) is 12.5 Å².